The predicted molar refractivity (Wildman–Crippen MR) is 16.4 cm³/mol. The molecule has 0 aliphatic heterocycles. The van der Waals surface area contributed by atoms with Gasteiger partial charge in [-0.3, -0.25) is 14.1 Å². The fraction of sp³-hybridized carbons (Fsp3) is 1.00. The van der Waals surface area contributed by atoms with Crippen LogP contribution in [0.1, 0.15) is 8.85 Å². The zero-order valence-corrected chi connectivity index (χ0v) is 1.22. The Morgan fingerprint density at radius 1 is 0.750 bits per heavy atom. The molecule has 0 aromatic carbocycles. The first-order valence-electron chi connectivity index (χ1n) is 0. The highest BCUT2D eigenvalue weighted by Gasteiger charge is -0.0775. The maximum absolute atomic E-state index is 0. The van der Waals surface area contributed by atoms with Gasteiger partial charge in [-0.15, -0.1) is 0 Å². The zero-order valence-electron chi connectivity index (χ0n) is 1.22. The van der Waals surface area contributed by atoms with Crippen LogP contribution in [-0.2, 0) is 0 Å². The normalized spacial score (nSPS) is 0. The van der Waals surface area contributed by atoms with Crippen molar-refractivity contribution < 1.29 is 15.5 Å². The lowest BCUT2D eigenvalue weighted by molar-refractivity contribution is 1.11. The number of rotatable bonds is 0. The highest BCUT2D eigenvalue weighted by molar-refractivity contribution is 2.50. The van der Waals surface area contributed by atoms with Crippen LogP contribution in [0.15, 0.2) is 0 Å². The minimum atomic E-state index is 0. The Labute approximate surface area is 24.4 Å². The molecule has 0 spiro atoms. The van der Waals surface area contributed by atoms with E-state index in [1.54, 1.807) is 0 Å². The Kier molecular flexibility index (Phi) is 33900. The Morgan fingerprint density at radius 2 is 0.750 bits per heavy atom. The molecule has 0 aliphatic carbocycles. The average Bonchev–Trinajstić information content (AvgIpc) is 0. The van der Waals surface area contributed by atoms with Gasteiger partial charge in [-0.25, -0.2) is 0 Å². The van der Waals surface area contributed by atoms with Gasteiger partial charge in [0.1, 0.15) is 0 Å². The lowest BCUT2D eigenvalue weighted by Gasteiger charge is -0.270. The van der Waals surface area contributed by atoms with E-state index in [0.717, 1.165) is 0 Å². The first-order chi connectivity index (χ1) is 0. The molecule has 0 aromatic heterocycles. The van der Waals surface area contributed by atoms with Crippen LogP contribution >= 0.6 is 0 Å². The van der Waals surface area contributed by atoms with E-state index in [4.69, 9.17) is 0 Å². The second-order valence-corrected chi connectivity index (χ2v) is 0. The van der Waals surface area contributed by atoms with Gasteiger partial charge in [0.25, 0.3) is 0 Å². The van der Waals surface area contributed by atoms with Gasteiger partial charge in [-0.1, -0.05) is 7.43 Å². The van der Waals surface area contributed by atoms with Crippen molar-refractivity contribution in [3.05, 3.63) is 0 Å². The van der Waals surface area contributed by atoms with Crippen molar-refractivity contribution in [3.8, 4) is 0 Å². The molecule has 0 aliphatic rings. The fourth-order valence-corrected chi connectivity index (χ4v) is 0. The summed E-state index contributed by atoms with van der Waals surface area (Å²) >= 11 is 0. The second-order valence-electron chi connectivity index (χ2n) is 0. The first-order valence-corrected chi connectivity index (χ1v) is 0. The van der Waals surface area contributed by atoms with Crippen molar-refractivity contribution in [2.75, 3.05) is 0 Å². The highest BCUT2D eigenvalue weighted by Crippen LogP contribution is 0.422. The van der Waals surface area contributed by atoms with Gasteiger partial charge in [0, 0.05) is 1.43 Å². The Balaban J connectivity index is 0. The summed E-state index contributed by atoms with van der Waals surface area (Å²) in [6.45, 7) is 0. The van der Waals surface area contributed by atoms with Crippen LogP contribution in [0.4, 0.5) is 14.1 Å². The Hall–Kier alpha value is -0.210. The van der Waals surface area contributed by atoms with E-state index in [0.29, 0.717) is 0 Å². The molecule has 0 rings (SSSR count). The summed E-state index contributed by atoms with van der Waals surface area (Å²) < 4.78 is 0. The maximum Gasteiger partial charge on any atom is 0 e. The van der Waals surface area contributed by atoms with E-state index in [-0.39, 0.29) is 23.0 Å². The van der Waals surface area contributed by atoms with Crippen molar-refractivity contribution in [3.63, 3.8) is 0 Å². The number of hydrogen-bond donors (Lipinski definition) is 0. The maximum atomic E-state index is 0. The third-order valence-corrected chi connectivity index (χ3v) is 0. The van der Waals surface area contributed by atoms with Gasteiger partial charge < -0.3 is 0 Å². The first kappa shape index (κ1) is 669. The number of hydrogen-bond acceptors (Lipinski definition) is 0. The van der Waals surface area contributed by atoms with E-state index in [9.17, 15) is 0 Å². The Bertz CT molecular complexity index is 6.85. The molecule has 0 heterocycles. The quantitative estimate of drug-likeness (QED) is 0.410. The smallest absolute Gasteiger partial charge is 0 e. The van der Waals surface area contributed by atoms with E-state index < -0.39 is 0 Å². The van der Waals surface area contributed by atoms with Gasteiger partial charge in [0.2, 0.25) is 0 Å². The lowest BCUT2D eigenvalue weighted by Crippen LogP contribution is 0.144. The van der Waals surface area contributed by atoms with Crippen LogP contribution in [0.3, 0.4) is 0 Å². The molecular formula is CH9F3. The predicted octanol–water partition coefficient (Wildman–Crippen LogP) is 1.34. The van der Waals surface area contributed by atoms with Crippen LogP contribution in [-0.4, -0.2) is 0 Å². The summed E-state index contributed by atoms with van der Waals surface area (Å²) in [5.41, 5.74) is 0. The standard InChI is InChI=1S/CH4.3FH.H2/h1H4;4*1H. The molecule has 0 fully saturated rings. The van der Waals surface area contributed by atoms with Crippen molar-refractivity contribution >= 4 is 0 Å². The van der Waals surface area contributed by atoms with Crippen LogP contribution in [0, 0.1) is 0 Å². The summed E-state index contributed by atoms with van der Waals surface area (Å²) in [5.74, 6) is 0. The molecule has 0 aromatic rings. The molecule has 0 atom stereocenters. The topological polar surface area (TPSA) is 0 Å². The molecule has 34 valence electrons. The molecule has 0 saturated heterocycles. The molecule has 0 unspecified atom stereocenters. The van der Waals surface area contributed by atoms with Gasteiger partial charge >= 0.3 is 0 Å². The highest BCUT2D eigenvalue weighted by atomic mass is 19.0. The van der Waals surface area contributed by atoms with Crippen molar-refractivity contribution in [1.82, 2.24) is 0 Å². The molecule has 0 radical (unpaired) electrons. The summed E-state index contributed by atoms with van der Waals surface area (Å²) in [5, 5.41) is 0. The van der Waals surface area contributed by atoms with E-state index >= 15 is 0 Å². The van der Waals surface area contributed by atoms with E-state index in [1.165, 1.54) is 0 Å². The lowest BCUT2D eigenvalue weighted by atomic mass is 12.0. The minimum Gasteiger partial charge on any atom is -0.269 e. The van der Waals surface area contributed by atoms with E-state index in [1.807, 2.05) is 0 Å². The van der Waals surface area contributed by atoms with Crippen LogP contribution in [0.5, 0.6) is 0 Å². The largest absolute Gasteiger partial charge is 0.269 e. The third-order valence-electron chi connectivity index (χ3n) is 0. The second kappa shape index (κ2) is 203. The van der Waals surface area contributed by atoms with Gasteiger partial charge in [-0.05, 0) is 0 Å². The van der Waals surface area contributed by atoms with Crippen molar-refractivity contribution in [2.45, 2.75) is 7.43 Å². The van der Waals surface area contributed by atoms with Crippen molar-refractivity contribution in [1.29, 1.82) is 0 Å². The molecule has 0 N–H and O–H groups in total. The zero-order chi connectivity index (χ0) is 0. The number of halogens is 3. The van der Waals surface area contributed by atoms with Crippen molar-refractivity contribution in [2.24, 2.45) is 0 Å². The molecule has 0 saturated carbocycles. The average molecular weight is 78.1 g/mol. The molecule has 0 bridgehead atoms. The Morgan fingerprint density at radius 3 is 0.750 bits per heavy atom. The summed E-state index contributed by atoms with van der Waals surface area (Å²) in [4.78, 5) is 0. The molecule has 0 nitrogen and oxygen atoms in total. The van der Waals surface area contributed by atoms with E-state index in [2.05, 4.69) is 0 Å². The minimum absolute atomic E-state index is 0. The van der Waals surface area contributed by atoms with Gasteiger partial charge in [-0.2, -0.15) is 0 Å². The SMILES string of the molecule is C.F.F.F.[HH]. The molecule has 4 heavy (non-hydrogen) atoms. The van der Waals surface area contributed by atoms with Gasteiger partial charge in [0.05, 0.1) is 0 Å². The van der Waals surface area contributed by atoms with Gasteiger partial charge in [0.15, 0.2) is 0 Å². The monoisotopic (exact) mass is 78.1 g/mol. The summed E-state index contributed by atoms with van der Waals surface area (Å²) in [6.07, 6.45) is 0. The summed E-state index contributed by atoms with van der Waals surface area (Å²) in [7, 11) is 0. The van der Waals surface area contributed by atoms with Crippen LogP contribution in [0.25, 0.3) is 0 Å². The van der Waals surface area contributed by atoms with Crippen LogP contribution < -0.4 is 0 Å². The summed E-state index contributed by atoms with van der Waals surface area (Å²) in [6, 6.07) is 0. The fourth-order valence-electron chi connectivity index (χ4n) is 0. The van der Waals surface area contributed by atoms with Crippen LogP contribution in [0.2, 0.25) is 0 Å². The molecular weight excluding hydrogens is 69.0 g/mol. The molecule has 3 heteroatoms. The third kappa shape index (κ3) is 25.3. The molecule has 0 amide bonds.